The Bertz CT molecular complexity index is 1630. The highest BCUT2D eigenvalue weighted by atomic mass is 32.2. The van der Waals surface area contributed by atoms with Crippen LogP contribution in [0.2, 0.25) is 0 Å². The third kappa shape index (κ3) is 7.85. The summed E-state index contributed by atoms with van der Waals surface area (Å²) in [7, 11) is -5.20. The van der Waals surface area contributed by atoms with Gasteiger partial charge in [-0.25, -0.2) is 26.6 Å². The van der Waals surface area contributed by atoms with E-state index >= 15 is 4.39 Å². The Hall–Kier alpha value is -3.05. The molecule has 0 bridgehead atoms. The van der Waals surface area contributed by atoms with Crippen LogP contribution in [0.15, 0.2) is 21.4 Å². The second kappa shape index (κ2) is 13.4. The van der Waals surface area contributed by atoms with E-state index in [0.717, 1.165) is 56.4 Å². The molecule has 0 amide bonds. The van der Waals surface area contributed by atoms with E-state index in [1.54, 1.807) is 0 Å². The van der Waals surface area contributed by atoms with E-state index in [2.05, 4.69) is 15.2 Å². The molecule has 17 heteroatoms. The van der Waals surface area contributed by atoms with Crippen molar-refractivity contribution in [2.45, 2.75) is 95.7 Å². The van der Waals surface area contributed by atoms with Gasteiger partial charge in [-0.1, -0.05) is 45.1 Å². The number of sulfonamides is 1. The zero-order chi connectivity index (χ0) is 33.3. The minimum absolute atomic E-state index is 0.00593. The highest BCUT2D eigenvalue weighted by molar-refractivity contribution is 7.89. The second-order valence-electron chi connectivity index (χ2n) is 11.6. The largest absolute Gasteiger partial charge is 0.481 e. The predicted molar refractivity (Wildman–Crippen MR) is 152 cm³/mol. The number of thiazole rings is 1. The van der Waals surface area contributed by atoms with Crippen molar-refractivity contribution in [3.8, 4) is 21.3 Å². The van der Waals surface area contributed by atoms with Crippen molar-refractivity contribution < 1.29 is 49.1 Å². The lowest BCUT2D eigenvalue weighted by Crippen LogP contribution is -2.45. The van der Waals surface area contributed by atoms with Crippen LogP contribution in [-0.2, 0) is 27.7 Å². The van der Waals surface area contributed by atoms with Gasteiger partial charge in [-0.05, 0) is 38.7 Å². The molecule has 0 unspecified atom stereocenters. The van der Waals surface area contributed by atoms with E-state index in [-0.39, 0.29) is 39.6 Å². The lowest BCUT2D eigenvalue weighted by molar-refractivity contribution is -0.151. The molecule has 0 aliphatic heterocycles. The molecular formula is C28H32F6N4O5S2. The van der Waals surface area contributed by atoms with Gasteiger partial charge in [0.1, 0.15) is 10.9 Å². The maximum absolute atomic E-state index is 15.7. The molecule has 2 heterocycles. The number of carboxylic acid groups (broad SMARTS) is 1. The molecule has 4 rings (SSSR count). The number of rotatable bonds is 12. The van der Waals surface area contributed by atoms with Crippen molar-refractivity contribution in [1.29, 1.82) is 0 Å². The fraction of sp³-hybridized carbons (Fsp3) is 0.571. The van der Waals surface area contributed by atoms with Gasteiger partial charge in [-0.15, -0.1) is 21.5 Å². The molecule has 0 saturated heterocycles. The lowest BCUT2D eigenvalue weighted by Gasteiger charge is -2.22. The minimum Gasteiger partial charge on any atom is -0.481 e. The standard InChI is InChI=1S/C28H32F6N4O5S2/c1-4-18(28(32,33)34)38-45(41,42)17-11-10-15(20(21(17)29)23(30)31)22-16(12-14-8-6-5-7-9-14)35-25(44-22)24-37-36-19(43-24)13-27(2,3)26(39)40/h10-11,14,18,23,38H,4-9,12-13H2,1-3H3,(H,39,40)/t18-/m0/s1. The summed E-state index contributed by atoms with van der Waals surface area (Å²) in [5.74, 6) is -2.96. The van der Waals surface area contributed by atoms with E-state index in [1.165, 1.54) is 18.6 Å². The number of alkyl halides is 5. The monoisotopic (exact) mass is 682 g/mol. The van der Waals surface area contributed by atoms with Crippen LogP contribution >= 0.6 is 11.3 Å². The summed E-state index contributed by atoms with van der Waals surface area (Å²) in [5.41, 5.74) is -2.59. The van der Waals surface area contributed by atoms with E-state index in [1.807, 2.05) is 0 Å². The van der Waals surface area contributed by atoms with Crippen LogP contribution in [0.1, 0.15) is 82.9 Å². The molecule has 3 aromatic rings. The molecule has 1 atom stereocenters. The number of carboxylic acids is 1. The summed E-state index contributed by atoms with van der Waals surface area (Å²) in [6.45, 7) is 4.00. The average Bonchev–Trinajstić information content (AvgIpc) is 3.57. The molecule has 9 nitrogen and oxygen atoms in total. The number of aromatic nitrogens is 3. The SMILES string of the molecule is CC[C@H](NS(=O)(=O)c1ccc(-c2sc(-c3nnc(CC(C)(C)C(=O)O)o3)nc2CC2CCCCC2)c(C(F)F)c1F)C(F)(F)F. The van der Waals surface area contributed by atoms with E-state index < -0.39 is 62.7 Å². The smallest absolute Gasteiger partial charge is 0.404 e. The normalized spacial score (nSPS) is 16.0. The van der Waals surface area contributed by atoms with Crippen molar-refractivity contribution in [3.63, 3.8) is 0 Å². The van der Waals surface area contributed by atoms with Gasteiger partial charge in [0.15, 0.2) is 10.8 Å². The van der Waals surface area contributed by atoms with Crippen LogP contribution in [0.4, 0.5) is 26.3 Å². The maximum Gasteiger partial charge on any atom is 0.404 e. The van der Waals surface area contributed by atoms with E-state index in [0.29, 0.717) is 18.2 Å². The molecule has 1 aromatic carbocycles. The second-order valence-corrected chi connectivity index (χ2v) is 14.3. The number of carbonyl (C=O) groups is 1. The first-order valence-electron chi connectivity index (χ1n) is 14.2. The summed E-state index contributed by atoms with van der Waals surface area (Å²) in [5, 5.41) is 17.3. The van der Waals surface area contributed by atoms with Gasteiger partial charge in [0.25, 0.3) is 12.3 Å². The van der Waals surface area contributed by atoms with Gasteiger partial charge in [0.2, 0.25) is 15.9 Å². The molecule has 1 aliphatic carbocycles. The maximum atomic E-state index is 15.7. The Morgan fingerprint density at radius 3 is 2.40 bits per heavy atom. The summed E-state index contributed by atoms with van der Waals surface area (Å²) in [6, 6.07) is -0.961. The minimum atomic E-state index is -5.20. The molecule has 45 heavy (non-hydrogen) atoms. The zero-order valence-corrected chi connectivity index (χ0v) is 26.2. The van der Waals surface area contributed by atoms with Crippen molar-refractivity contribution >= 4 is 27.3 Å². The number of benzene rings is 1. The first kappa shape index (κ1) is 34.8. The van der Waals surface area contributed by atoms with Crippen molar-refractivity contribution in [2.75, 3.05) is 0 Å². The number of hydrogen-bond donors (Lipinski definition) is 2. The molecule has 1 aliphatic rings. The van der Waals surface area contributed by atoms with Crippen molar-refractivity contribution in [1.82, 2.24) is 19.9 Å². The highest BCUT2D eigenvalue weighted by Crippen LogP contribution is 2.43. The molecule has 0 radical (unpaired) electrons. The number of nitrogens with one attached hydrogen (secondary N) is 1. The van der Waals surface area contributed by atoms with Crippen LogP contribution in [0.5, 0.6) is 0 Å². The van der Waals surface area contributed by atoms with E-state index in [9.17, 15) is 40.3 Å². The van der Waals surface area contributed by atoms with Crippen LogP contribution < -0.4 is 4.72 Å². The van der Waals surface area contributed by atoms with Gasteiger partial charge < -0.3 is 9.52 Å². The summed E-state index contributed by atoms with van der Waals surface area (Å²) in [6.07, 6.45) is -4.38. The number of nitrogens with zero attached hydrogens (tertiary/aromatic N) is 3. The number of aliphatic carboxylic acids is 1. The molecular weight excluding hydrogens is 650 g/mol. The number of hydrogen-bond acceptors (Lipinski definition) is 8. The molecule has 2 N–H and O–H groups in total. The Morgan fingerprint density at radius 2 is 1.82 bits per heavy atom. The Balaban J connectivity index is 1.81. The summed E-state index contributed by atoms with van der Waals surface area (Å²) >= 11 is 0.826. The molecule has 2 aromatic heterocycles. The fourth-order valence-corrected chi connectivity index (χ4v) is 7.59. The van der Waals surface area contributed by atoms with Gasteiger partial charge in [0, 0.05) is 12.0 Å². The first-order valence-corrected chi connectivity index (χ1v) is 16.5. The quantitative estimate of drug-likeness (QED) is 0.190. The molecule has 248 valence electrons. The van der Waals surface area contributed by atoms with E-state index in [4.69, 9.17) is 4.42 Å². The third-order valence-corrected chi connectivity index (χ3v) is 10.3. The zero-order valence-electron chi connectivity index (χ0n) is 24.5. The lowest BCUT2D eigenvalue weighted by atomic mass is 9.85. The Labute approximate surface area is 259 Å². The summed E-state index contributed by atoms with van der Waals surface area (Å²) < 4.78 is 117. The van der Waals surface area contributed by atoms with Gasteiger partial charge in [0.05, 0.1) is 21.5 Å². The van der Waals surface area contributed by atoms with Crippen molar-refractivity contribution in [3.05, 3.63) is 35.1 Å². The highest BCUT2D eigenvalue weighted by Gasteiger charge is 2.42. The van der Waals surface area contributed by atoms with Crippen LogP contribution in [0.25, 0.3) is 21.3 Å². The van der Waals surface area contributed by atoms with Gasteiger partial charge in [-0.3, -0.25) is 4.79 Å². The average molecular weight is 683 g/mol. The van der Waals surface area contributed by atoms with Crippen molar-refractivity contribution in [2.24, 2.45) is 11.3 Å². The van der Waals surface area contributed by atoms with Gasteiger partial charge in [-0.2, -0.15) is 17.9 Å². The first-order chi connectivity index (χ1) is 20.9. The molecule has 0 spiro atoms. The topological polar surface area (TPSA) is 135 Å². The Kier molecular flexibility index (Phi) is 10.3. The van der Waals surface area contributed by atoms with Crippen LogP contribution in [0.3, 0.4) is 0 Å². The van der Waals surface area contributed by atoms with Crippen LogP contribution in [-0.4, -0.2) is 46.9 Å². The number of halogens is 6. The third-order valence-electron chi connectivity index (χ3n) is 7.72. The summed E-state index contributed by atoms with van der Waals surface area (Å²) in [4.78, 5) is 14.8. The molecule has 1 fully saturated rings. The molecule has 1 saturated carbocycles. The van der Waals surface area contributed by atoms with Crippen LogP contribution in [0, 0.1) is 17.2 Å². The Morgan fingerprint density at radius 1 is 1.16 bits per heavy atom. The van der Waals surface area contributed by atoms with Gasteiger partial charge >= 0.3 is 12.1 Å². The predicted octanol–water partition coefficient (Wildman–Crippen LogP) is 7.33. The fourth-order valence-electron chi connectivity index (χ4n) is 5.15.